The smallest absolute Gasteiger partial charge is 0.224 e. The summed E-state index contributed by atoms with van der Waals surface area (Å²) in [6.45, 7) is 1.27. The molecule has 7 heteroatoms. The van der Waals surface area contributed by atoms with E-state index < -0.39 is 0 Å². The van der Waals surface area contributed by atoms with E-state index in [-0.39, 0.29) is 11.3 Å². The van der Waals surface area contributed by atoms with E-state index in [4.69, 9.17) is 23.2 Å². The Balaban J connectivity index is 1.48. The van der Waals surface area contributed by atoms with Gasteiger partial charge in [0.05, 0.1) is 5.52 Å². The minimum Gasteiger partial charge on any atom is -0.383 e. The van der Waals surface area contributed by atoms with E-state index in [9.17, 15) is 4.79 Å². The van der Waals surface area contributed by atoms with Crippen molar-refractivity contribution >= 4 is 57.5 Å². The number of benzene rings is 2. The highest BCUT2D eigenvalue weighted by Gasteiger charge is 2.29. The summed E-state index contributed by atoms with van der Waals surface area (Å²) in [5.74, 6) is 1.03. The molecule has 1 saturated heterocycles. The van der Waals surface area contributed by atoms with Crippen LogP contribution < -0.4 is 5.32 Å². The number of thioether (sulfide) groups is 1. The van der Waals surface area contributed by atoms with Crippen molar-refractivity contribution < 1.29 is 4.79 Å². The number of aromatic nitrogens is 1. The molecule has 28 heavy (non-hydrogen) atoms. The molecule has 2 aromatic carbocycles. The van der Waals surface area contributed by atoms with Crippen LogP contribution in [-0.4, -0.2) is 34.6 Å². The molecule has 1 unspecified atom stereocenters. The van der Waals surface area contributed by atoms with Gasteiger partial charge in [0.1, 0.15) is 5.37 Å². The van der Waals surface area contributed by atoms with Gasteiger partial charge >= 0.3 is 0 Å². The molecule has 1 aliphatic rings. The van der Waals surface area contributed by atoms with Crippen LogP contribution in [0.2, 0.25) is 10.0 Å². The molecule has 1 fully saturated rings. The fraction of sp³-hybridized carbons (Fsp3) is 0.238. The summed E-state index contributed by atoms with van der Waals surface area (Å²) in [7, 11) is 0. The Hall–Kier alpha value is -1.95. The summed E-state index contributed by atoms with van der Waals surface area (Å²) in [5, 5.41) is 5.85. The number of hydrogen-bond donors (Lipinski definition) is 1. The van der Waals surface area contributed by atoms with Gasteiger partial charge in [-0.3, -0.25) is 9.78 Å². The SMILES string of the molecule is O=C1CCSC(c2ccc(Cl)cc2)N1CCNc1ccnc2cc(Cl)ccc12. The minimum atomic E-state index is 0.0216. The first-order chi connectivity index (χ1) is 13.6. The van der Waals surface area contributed by atoms with Gasteiger partial charge in [0.15, 0.2) is 0 Å². The fourth-order valence-electron chi connectivity index (χ4n) is 3.35. The van der Waals surface area contributed by atoms with Crippen LogP contribution in [0.4, 0.5) is 5.69 Å². The van der Waals surface area contributed by atoms with Crippen molar-refractivity contribution in [3.63, 3.8) is 0 Å². The molecule has 4 rings (SSSR count). The summed E-state index contributed by atoms with van der Waals surface area (Å²) in [5.41, 5.74) is 2.94. The van der Waals surface area contributed by atoms with Crippen molar-refractivity contribution in [3.05, 3.63) is 70.3 Å². The van der Waals surface area contributed by atoms with Crippen LogP contribution in [0.25, 0.3) is 10.9 Å². The lowest BCUT2D eigenvalue weighted by atomic mass is 10.2. The highest BCUT2D eigenvalue weighted by atomic mass is 35.5. The van der Waals surface area contributed by atoms with Gasteiger partial charge in [0.25, 0.3) is 0 Å². The van der Waals surface area contributed by atoms with E-state index >= 15 is 0 Å². The number of halogens is 2. The van der Waals surface area contributed by atoms with Crippen LogP contribution in [0, 0.1) is 0 Å². The molecule has 2 heterocycles. The Morgan fingerprint density at radius 1 is 1.11 bits per heavy atom. The zero-order valence-electron chi connectivity index (χ0n) is 15.1. The molecule has 4 nitrogen and oxygen atoms in total. The van der Waals surface area contributed by atoms with E-state index in [1.807, 2.05) is 53.4 Å². The topological polar surface area (TPSA) is 45.2 Å². The van der Waals surface area contributed by atoms with Gasteiger partial charge < -0.3 is 10.2 Å². The number of carbonyl (C=O) groups is 1. The van der Waals surface area contributed by atoms with Gasteiger partial charge in [-0.2, -0.15) is 0 Å². The van der Waals surface area contributed by atoms with Gasteiger partial charge in [-0.15, -0.1) is 11.8 Å². The lowest BCUT2D eigenvalue weighted by Crippen LogP contribution is -2.40. The van der Waals surface area contributed by atoms with E-state index in [0.29, 0.717) is 29.6 Å². The number of nitrogens with zero attached hydrogens (tertiary/aromatic N) is 2. The molecule has 0 bridgehead atoms. The highest BCUT2D eigenvalue weighted by Crippen LogP contribution is 2.37. The number of amides is 1. The lowest BCUT2D eigenvalue weighted by molar-refractivity contribution is -0.131. The minimum absolute atomic E-state index is 0.0216. The average molecular weight is 432 g/mol. The second kappa shape index (κ2) is 8.60. The Bertz CT molecular complexity index is 997. The first-order valence-electron chi connectivity index (χ1n) is 9.06. The molecular weight excluding hydrogens is 413 g/mol. The maximum absolute atomic E-state index is 12.6. The normalized spacial score (nSPS) is 17.1. The number of anilines is 1. The number of pyridine rings is 1. The molecule has 1 amide bonds. The predicted octanol–water partition coefficient (Wildman–Crippen LogP) is 5.62. The molecule has 1 atom stereocenters. The summed E-state index contributed by atoms with van der Waals surface area (Å²) < 4.78 is 0. The number of rotatable bonds is 5. The van der Waals surface area contributed by atoms with Crippen LogP contribution >= 0.6 is 35.0 Å². The van der Waals surface area contributed by atoms with Gasteiger partial charge in [-0.25, -0.2) is 0 Å². The largest absolute Gasteiger partial charge is 0.383 e. The van der Waals surface area contributed by atoms with Crippen molar-refractivity contribution in [2.75, 3.05) is 24.2 Å². The van der Waals surface area contributed by atoms with Gasteiger partial charge in [0, 0.05) is 52.6 Å². The summed E-state index contributed by atoms with van der Waals surface area (Å²) >= 11 is 13.9. The lowest BCUT2D eigenvalue weighted by Gasteiger charge is -2.35. The Labute approximate surface area is 178 Å². The number of nitrogens with one attached hydrogen (secondary N) is 1. The molecule has 3 aromatic rings. The third-order valence-corrected chi connectivity index (χ3v) is 6.49. The zero-order valence-corrected chi connectivity index (χ0v) is 17.4. The number of fused-ring (bicyclic) bond motifs is 1. The van der Waals surface area contributed by atoms with Crippen molar-refractivity contribution in [1.29, 1.82) is 0 Å². The van der Waals surface area contributed by atoms with Crippen LogP contribution in [0.5, 0.6) is 0 Å². The molecule has 1 aromatic heterocycles. The average Bonchev–Trinajstić information content (AvgIpc) is 2.69. The number of hydrogen-bond acceptors (Lipinski definition) is 4. The zero-order chi connectivity index (χ0) is 19.5. The molecule has 0 aliphatic carbocycles. The molecule has 0 saturated carbocycles. The highest BCUT2D eigenvalue weighted by molar-refractivity contribution is 7.99. The summed E-state index contributed by atoms with van der Waals surface area (Å²) in [4.78, 5) is 18.9. The Kier molecular flexibility index (Phi) is 5.95. The Morgan fingerprint density at radius 3 is 2.71 bits per heavy atom. The van der Waals surface area contributed by atoms with E-state index in [1.54, 1.807) is 18.0 Å². The Morgan fingerprint density at radius 2 is 1.89 bits per heavy atom. The first-order valence-corrected chi connectivity index (χ1v) is 10.9. The van der Waals surface area contributed by atoms with Crippen molar-refractivity contribution in [1.82, 2.24) is 9.88 Å². The van der Waals surface area contributed by atoms with Crippen LogP contribution in [0.3, 0.4) is 0 Å². The first kappa shape index (κ1) is 19.4. The van der Waals surface area contributed by atoms with Crippen molar-refractivity contribution in [2.24, 2.45) is 0 Å². The molecule has 144 valence electrons. The summed E-state index contributed by atoms with van der Waals surface area (Å²) in [6, 6.07) is 15.4. The van der Waals surface area contributed by atoms with Gasteiger partial charge in [0.2, 0.25) is 5.91 Å². The van der Waals surface area contributed by atoms with Crippen LogP contribution in [0.1, 0.15) is 17.4 Å². The van der Waals surface area contributed by atoms with E-state index in [1.165, 1.54) is 0 Å². The molecule has 0 radical (unpaired) electrons. The van der Waals surface area contributed by atoms with Crippen molar-refractivity contribution in [2.45, 2.75) is 11.8 Å². The van der Waals surface area contributed by atoms with Gasteiger partial charge in [-0.1, -0.05) is 35.3 Å². The molecule has 1 N–H and O–H groups in total. The third-order valence-electron chi connectivity index (χ3n) is 4.72. The predicted molar refractivity (Wildman–Crippen MR) is 118 cm³/mol. The maximum atomic E-state index is 12.6. The monoisotopic (exact) mass is 431 g/mol. The molecule has 1 aliphatic heterocycles. The third kappa shape index (κ3) is 4.22. The second-order valence-electron chi connectivity index (χ2n) is 6.56. The second-order valence-corrected chi connectivity index (χ2v) is 8.62. The van der Waals surface area contributed by atoms with Crippen LogP contribution in [-0.2, 0) is 4.79 Å². The van der Waals surface area contributed by atoms with Crippen molar-refractivity contribution in [3.8, 4) is 0 Å². The molecular formula is C21H19Cl2N3OS. The molecule has 0 spiro atoms. The number of carbonyl (C=O) groups excluding carboxylic acids is 1. The maximum Gasteiger partial charge on any atom is 0.224 e. The fourth-order valence-corrected chi connectivity index (χ4v) is 4.91. The quantitative estimate of drug-likeness (QED) is 0.569. The van der Waals surface area contributed by atoms with E-state index in [0.717, 1.165) is 27.9 Å². The van der Waals surface area contributed by atoms with Crippen LogP contribution in [0.15, 0.2) is 54.7 Å². The van der Waals surface area contributed by atoms with E-state index in [2.05, 4.69) is 10.3 Å². The summed E-state index contributed by atoms with van der Waals surface area (Å²) in [6.07, 6.45) is 2.34. The van der Waals surface area contributed by atoms with Gasteiger partial charge in [-0.05, 0) is 42.0 Å². The standard InChI is InChI=1S/C21H19Cl2N3OS/c22-15-3-1-14(2-4-15)21-26(20(27)8-12-28-21)11-10-25-18-7-9-24-19-13-16(23)5-6-17(18)19/h1-7,9,13,21H,8,10-12H2,(H,24,25).